The van der Waals surface area contributed by atoms with E-state index in [9.17, 15) is 23.4 Å². The molecule has 8 nitrogen and oxygen atoms in total. The topological polar surface area (TPSA) is 119 Å². The number of rotatable bonds is 6. The van der Waals surface area contributed by atoms with E-state index in [2.05, 4.69) is 0 Å². The van der Waals surface area contributed by atoms with Crippen molar-refractivity contribution in [2.75, 3.05) is 19.8 Å². The van der Waals surface area contributed by atoms with Gasteiger partial charge in [0.25, 0.3) is 0 Å². The Kier molecular flexibility index (Phi) is 7.19. The lowest BCUT2D eigenvalue weighted by atomic mass is 9.91. The van der Waals surface area contributed by atoms with Crippen LogP contribution in [0.3, 0.4) is 0 Å². The number of hydrogen-bond donors (Lipinski definition) is 2. The van der Waals surface area contributed by atoms with Crippen LogP contribution in [-0.4, -0.2) is 67.7 Å². The fourth-order valence-corrected chi connectivity index (χ4v) is 7.99. The van der Waals surface area contributed by atoms with Crippen molar-refractivity contribution in [3.63, 3.8) is 0 Å². The molecule has 4 atom stereocenters. The Balaban J connectivity index is 1.74. The highest BCUT2D eigenvalue weighted by atomic mass is 35.5. The van der Waals surface area contributed by atoms with E-state index in [-0.39, 0.29) is 38.2 Å². The van der Waals surface area contributed by atoms with Crippen LogP contribution in [0.1, 0.15) is 49.0 Å². The molecule has 1 fully saturated rings. The first-order valence-corrected chi connectivity index (χ1v) is 13.2. The molecule has 33 heavy (non-hydrogen) atoms. The number of carbonyl (C=O) groups is 1. The lowest BCUT2D eigenvalue weighted by molar-refractivity contribution is -0.154. The second kappa shape index (κ2) is 9.64. The van der Waals surface area contributed by atoms with E-state index in [0.29, 0.717) is 23.4 Å². The molecule has 1 aromatic carbocycles. The largest absolute Gasteiger partial charge is 0.463 e. The predicted octanol–water partition coefficient (Wildman–Crippen LogP) is 2.25. The van der Waals surface area contributed by atoms with E-state index in [1.54, 1.807) is 13.0 Å². The number of benzene rings is 1. The third kappa shape index (κ3) is 4.47. The molecule has 0 radical (unpaired) electrons. The summed E-state index contributed by atoms with van der Waals surface area (Å²) in [5.41, 5.74) is 1.48. The molecule has 4 rings (SSSR count). The van der Waals surface area contributed by atoms with Crippen molar-refractivity contribution in [3.05, 3.63) is 46.0 Å². The summed E-state index contributed by atoms with van der Waals surface area (Å²) in [5, 5.41) is 17.6. The Morgan fingerprint density at radius 1 is 1.18 bits per heavy atom. The van der Waals surface area contributed by atoms with Crippen LogP contribution in [0.2, 0.25) is 5.02 Å². The molecule has 0 saturated carbocycles. The van der Waals surface area contributed by atoms with E-state index >= 15 is 0 Å². The van der Waals surface area contributed by atoms with Gasteiger partial charge < -0.3 is 24.4 Å². The highest BCUT2D eigenvalue weighted by Gasteiger charge is 2.52. The molecular weight excluding hydrogens is 472 g/mol. The van der Waals surface area contributed by atoms with Crippen molar-refractivity contribution in [1.82, 2.24) is 0 Å². The first-order chi connectivity index (χ1) is 15.8. The standard InChI is InChI=1S/C23H29ClO8S/c1-2-30-22(27)15-11-23(31-17(12-25)18(13-26)32-23)10-9-19(15)33(28,29)20-8-4-6-14-5-3-7-16(24)21(14)20/h3,5,7,11,17-20,25-26H,2,4,6,8-10,12-13H2,1H3/t17-,18-,19?,20?/m0/s1. The van der Waals surface area contributed by atoms with Crippen molar-refractivity contribution in [2.45, 2.75) is 67.5 Å². The number of sulfone groups is 1. The summed E-state index contributed by atoms with van der Waals surface area (Å²) >= 11 is 6.43. The van der Waals surface area contributed by atoms with Gasteiger partial charge in [-0.25, -0.2) is 13.2 Å². The van der Waals surface area contributed by atoms with E-state index in [4.69, 9.17) is 25.8 Å². The zero-order chi connectivity index (χ0) is 23.8. The molecule has 1 saturated heterocycles. The Morgan fingerprint density at radius 2 is 1.88 bits per heavy atom. The summed E-state index contributed by atoms with van der Waals surface area (Å²) in [5.74, 6) is -2.16. The van der Waals surface area contributed by atoms with Gasteiger partial charge in [0.15, 0.2) is 15.6 Å². The van der Waals surface area contributed by atoms with Gasteiger partial charge in [0.2, 0.25) is 0 Å². The quantitative estimate of drug-likeness (QED) is 0.571. The van der Waals surface area contributed by atoms with Gasteiger partial charge in [-0.2, -0.15) is 0 Å². The fraction of sp³-hybridized carbons (Fsp3) is 0.609. The van der Waals surface area contributed by atoms with Crippen molar-refractivity contribution in [1.29, 1.82) is 0 Å². The highest BCUT2D eigenvalue weighted by molar-refractivity contribution is 7.92. The maximum Gasteiger partial charge on any atom is 0.335 e. The predicted molar refractivity (Wildman–Crippen MR) is 120 cm³/mol. The first-order valence-electron chi connectivity index (χ1n) is 11.2. The average molecular weight is 501 g/mol. The second-order valence-electron chi connectivity index (χ2n) is 8.62. The number of esters is 1. The molecule has 0 amide bonds. The number of ether oxygens (including phenoxy) is 3. The van der Waals surface area contributed by atoms with Crippen LogP contribution < -0.4 is 0 Å². The molecule has 0 aromatic heterocycles. The summed E-state index contributed by atoms with van der Waals surface area (Å²) in [6.45, 7) is 0.960. The molecule has 1 aromatic rings. The lowest BCUT2D eigenvalue weighted by Gasteiger charge is -2.36. The minimum absolute atomic E-state index is 0.0439. The van der Waals surface area contributed by atoms with E-state index in [1.165, 1.54) is 6.08 Å². The summed E-state index contributed by atoms with van der Waals surface area (Å²) in [7, 11) is -3.88. The first kappa shape index (κ1) is 24.6. The Morgan fingerprint density at radius 3 is 2.52 bits per heavy atom. The Labute approximate surface area is 198 Å². The SMILES string of the molecule is CCOC(=O)C1=CC2(CCC1S(=O)(=O)C1CCCc3cccc(Cl)c31)O[C@@H](CO)[C@H](CO)O2. The molecule has 1 heterocycles. The van der Waals surface area contributed by atoms with Crippen LogP contribution in [0.4, 0.5) is 0 Å². The van der Waals surface area contributed by atoms with E-state index in [1.807, 2.05) is 12.1 Å². The van der Waals surface area contributed by atoms with Gasteiger partial charge in [0, 0.05) is 11.4 Å². The number of aliphatic hydroxyl groups is 2. The van der Waals surface area contributed by atoms with Gasteiger partial charge in [-0.1, -0.05) is 23.7 Å². The van der Waals surface area contributed by atoms with Crippen LogP contribution in [0.5, 0.6) is 0 Å². The van der Waals surface area contributed by atoms with Crippen LogP contribution in [-0.2, 0) is 35.3 Å². The van der Waals surface area contributed by atoms with Gasteiger partial charge in [0.05, 0.1) is 35.9 Å². The minimum atomic E-state index is -3.88. The number of carbonyl (C=O) groups excluding carboxylic acids is 1. The molecule has 1 spiro atoms. The Bertz CT molecular complexity index is 1020. The van der Waals surface area contributed by atoms with E-state index in [0.717, 1.165) is 12.0 Å². The zero-order valence-corrected chi connectivity index (χ0v) is 20.0. The molecule has 2 aliphatic carbocycles. The molecule has 3 aliphatic rings. The maximum absolute atomic E-state index is 14.0. The summed E-state index contributed by atoms with van der Waals surface area (Å²) in [4.78, 5) is 12.9. The van der Waals surface area contributed by atoms with Gasteiger partial charge in [-0.3, -0.25) is 0 Å². The normalized spacial score (nSPS) is 28.9. The molecule has 0 bridgehead atoms. The smallest absolute Gasteiger partial charge is 0.335 e. The maximum atomic E-state index is 14.0. The van der Waals surface area contributed by atoms with Crippen molar-refractivity contribution in [3.8, 4) is 0 Å². The number of aryl methyl sites for hydroxylation is 1. The van der Waals surface area contributed by atoms with Crippen LogP contribution in [0.15, 0.2) is 29.8 Å². The third-order valence-electron chi connectivity index (χ3n) is 6.64. The van der Waals surface area contributed by atoms with Gasteiger partial charge in [0.1, 0.15) is 12.2 Å². The van der Waals surface area contributed by atoms with Gasteiger partial charge in [-0.15, -0.1) is 0 Å². The van der Waals surface area contributed by atoms with Crippen molar-refractivity contribution >= 4 is 27.4 Å². The second-order valence-corrected chi connectivity index (χ2v) is 11.3. The van der Waals surface area contributed by atoms with Crippen molar-refractivity contribution < 1.29 is 37.6 Å². The third-order valence-corrected chi connectivity index (χ3v) is 9.51. The molecule has 182 valence electrons. The molecule has 2 N–H and O–H groups in total. The molecule has 10 heteroatoms. The van der Waals surface area contributed by atoms with Crippen LogP contribution in [0, 0.1) is 0 Å². The number of halogens is 1. The van der Waals surface area contributed by atoms with Gasteiger partial charge in [-0.05, 0) is 55.9 Å². The summed E-state index contributed by atoms with van der Waals surface area (Å²) < 4.78 is 44.8. The minimum Gasteiger partial charge on any atom is -0.463 e. The number of hydrogen-bond acceptors (Lipinski definition) is 8. The molecule has 1 aliphatic heterocycles. The van der Waals surface area contributed by atoms with Gasteiger partial charge >= 0.3 is 5.97 Å². The zero-order valence-electron chi connectivity index (χ0n) is 18.4. The number of fused-ring (bicyclic) bond motifs is 1. The highest BCUT2D eigenvalue weighted by Crippen LogP contribution is 2.47. The number of aliphatic hydroxyl groups excluding tert-OH is 2. The summed E-state index contributed by atoms with van der Waals surface area (Å²) in [6, 6.07) is 5.40. The lowest BCUT2D eigenvalue weighted by Crippen LogP contribution is -2.42. The summed E-state index contributed by atoms with van der Waals surface area (Å²) in [6.07, 6.45) is 1.89. The monoisotopic (exact) mass is 500 g/mol. The fourth-order valence-electron chi connectivity index (χ4n) is 5.13. The Hall–Kier alpha value is -1.49. The van der Waals surface area contributed by atoms with Crippen LogP contribution >= 0.6 is 11.6 Å². The molecular formula is C23H29ClO8S. The average Bonchev–Trinajstić information content (AvgIpc) is 3.16. The van der Waals surface area contributed by atoms with E-state index < -0.39 is 44.3 Å². The molecule has 2 unspecified atom stereocenters. The van der Waals surface area contributed by atoms with Crippen LogP contribution in [0.25, 0.3) is 0 Å². The van der Waals surface area contributed by atoms with Crippen molar-refractivity contribution in [2.24, 2.45) is 0 Å².